The third kappa shape index (κ3) is 6.52. The predicted molar refractivity (Wildman–Crippen MR) is 135 cm³/mol. The lowest BCUT2D eigenvalue weighted by molar-refractivity contribution is 0.0409. The maximum absolute atomic E-state index is 5.99. The van der Waals surface area contributed by atoms with E-state index in [0.29, 0.717) is 11.3 Å². The van der Waals surface area contributed by atoms with E-state index in [1.165, 1.54) is 101 Å². The lowest BCUT2D eigenvalue weighted by Crippen LogP contribution is -2.36. The minimum atomic E-state index is 0.673. The normalized spacial score (nSPS) is 24.6. The number of rotatable bonds is 11. The van der Waals surface area contributed by atoms with E-state index >= 15 is 0 Å². The number of aryl methyl sites for hydroxylation is 1. The minimum absolute atomic E-state index is 0.673. The average molecular weight is 427 g/mol. The zero-order chi connectivity index (χ0) is 22.1. The van der Waals surface area contributed by atoms with Crippen LogP contribution in [0.15, 0.2) is 18.2 Å². The number of benzene rings is 1. The van der Waals surface area contributed by atoms with Crippen molar-refractivity contribution in [2.24, 2.45) is 17.3 Å². The molecule has 2 fully saturated rings. The van der Waals surface area contributed by atoms with Crippen LogP contribution < -0.4 is 4.74 Å². The van der Waals surface area contributed by atoms with Crippen molar-refractivity contribution in [2.45, 2.75) is 130 Å². The van der Waals surface area contributed by atoms with Crippen LogP contribution in [0.25, 0.3) is 0 Å². The third-order valence-corrected chi connectivity index (χ3v) is 8.95. The van der Waals surface area contributed by atoms with Crippen molar-refractivity contribution >= 4 is 0 Å². The second-order valence-electron chi connectivity index (χ2n) is 11.0. The van der Waals surface area contributed by atoms with Crippen LogP contribution in [0.3, 0.4) is 0 Å². The zero-order valence-electron chi connectivity index (χ0n) is 21.2. The molecule has 1 heteroatoms. The van der Waals surface area contributed by atoms with E-state index in [4.69, 9.17) is 4.74 Å². The summed E-state index contributed by atoms with van der Waals surface area (Å²) in [6.45, 7) is 10.1. The van der Waals surface area contributed by atoms with Gasteiger partial charge < -0.3 is 4.74 Å². The van der Waals surface area contributed by atoms with Gasteiger partial charge in [-0.3, -0.25) is 0 Å². The van der Waals surface area contributed by atoms with Gasteiger partial charge in [0.2, 0.25) is 0 Å². The molecular formula is C30H50O. The summed E-state index contributed by atoms with van der Waals surface area (Å²) in [5.74, 6) is 3.62. The van der Waals surface area contributed by atoms with Crippen molar-refractivity contribution < 1.29 is 4.74 Å². The van der Waals surface area contributed by atoms with Crippen LogP contribution in [0, 0.1) is 24.2 Å². The summed E-state index contributed by atoms with van der Waals surface area (Å²) < 4.78 is 5.99. The molecular weight excluding hydrogens is 376 g/mol. The first-order chi connectivity index (χ1) is 15.1. The van der Waals surface area contributed by atoms with Gasteiger partial charge in [-0.2, -0.15) is 0 Å². The Morgan fingerprint density at radius 3 is 2.29 bits per heavy atom. The number of hydrogen-bond donors (Lipinski definition) is 0. The van der Waals surface area contributed by atoms with E-state index in [9.17, 15) is 0 Å². The van der Waals surface area contributed by atoms with E-state index in [2.05, 4.69) is 45.9 Å². The van der Waals surface area contributed by atoms with Crippen molar-refractivity contribution in [3.05, 3.63) is 29.3 Å². The molecule has 1 aromatic rings. The topological polar surface area (TPSA) is 9.23 Å². The Bertz CT molecular complexity index is 634. The van der Waals surface area contributed by atoms with Crippen molar-refractivity contribution in [1.82, 2.24) is 0 Å². The summed E-state index contributed by atoms with van der Waals surface area (Å²) in [4.78, 5) is 0. The smallest absolute Gasteiger partial charge is 0.122 e. The SMILES string of the molecule is CCCCCC1(C2CCC(C(C)c3ccc(OCCCC)c(C)c3)CC2)CCCCC1. The number of hydrogen-bond acceptors (Lipinski definition) is 1. The molecule has 2 aliphatic carbocycles. The van der Waals surface area contributed by atoms with Gasteiger partial charge in [0.15, 0.2) is 0 Å². The molecule has 1 atom stereocenters. The molecule has 0 amide bonds. The molecule has 0 bridgehead atoms. The maximum Gasteiger partial charge on any atom is 0.122 e. The van der Waals surface area contributed by atoms with Crippen LogP contribution in [-0.4, -0.2) is 6.61 Å². The first-order valence-corrected chi connectivity index (χ1v) is 13.8. The predicted octanol–water partition coefficient (Wildman–Crippen LogP) is 9.61. The van der Waals surface area contributed by atoms with Gasteiger partial charge in [-0.15, -0.1) is 0 Å². The summed E-state index contributed by atoms with van der Waals surface area (Å²) in [5, 5.41) is 0. The van der Waals surface area contributed by atoms with E-state index in [1.54, 1.807) is 0 Å². The van der Waals surface area contributed by atoms with Crippen LogP contribution in [-0.2, 0) is 0 Å². The van der Waals surface area contributed by atoms with E-state index in [0.717, 1.165) is 30.6 Å². The largest absolute Gasteiger partial charge is 0.493 e. The van der Waals surface area contributed by atoms with Crippen LogP contribution in [0.5, 0.6) is 5.75 Å². The van der Waals surface area contributed by atoms with Gasteiger partial charge in [-0.05, 0) is 98.7 Å². The lowest BCUT2D eigenvalue weighted by Gasteiger charge is -2.47. The van der Waals surface area contributed by atoms with Crippen LogP contribution in [0.2, 0.25) is 0 Å². The van der Waals surface area contributed by atoms with Crippen LogP contribution in [0.1, 0.15) is 134 Å². The molecule has 1 aromatic carbocycles. The molecule has 2 saturated carbocycles. The molecule has 176 valence electrons. The van der Waals surface area contributed by atoms with Crippen molar-refractivity contribution in [3.8, 4) is 5.75 Å². The third-order valence-electron chi connectivity index (χ3n) is 8.95. The Kier molecular flexibility index (Phi) is 9.79. The highest BCUT2D eigenvalue weighted by Crippen LogP contribution is 2.53. The maximum atomic E-state index is 5.99. The van der Waals surface area contributed by atoms with Gasteiger partial charge in [0.25, 0.3) is 0 Å². The van der Waals surface area contributed by atoms with E-state index in [-0.39, 0.29) is 0 Å². The summed E-state index contributed by atoms with van der Waals surface area (Å²) in [6.07, 6.45) is 21.5. The van der Waals surface area contributed by atoms with Gasteiger partial charge in [0.1, 0.15) is 5.75 Å². The van der Waals surface area contributed by atoms with Gasteiger partial charge in [0, 0.05) is 0 Å². The second-order valence-corrected chi connectivity index (χ2v) is 11.0. The summed E-state index contributed by atoms with van der Waals surface area (Å²) >= 11 is 0. The molecule has 0 saturated heterocycles. The quantitative estimate of drug-likeness (QED) is 0.320. The summed E-state index contributed by atoms with van der Waals surface area (Å²) in [7, 11) is 0. The molecule has 0 heterocycles. The average Bonchev–Trinajstić information content (AvgIpc) is 2.80. The molecule has 0 aromatic heterocycles. The molecule has 0 spiro atoms. The number of unbranched alkanes of at least 4 members (excludes halogenated alkanes) is 3. The Morgan fingerprint density at radius 1 is 0.935 bits per heavy atom. The summed E-state index contributed by atoms with van der Waals surface area (Å²) in [5.41, 5.74) is 3.54. The van der Waals surface area contributed by atoms with E-state index in [1.807, 2.05) is 0 Å². The minimum Gasteiger partial charge on any atom is -0.493 e. The molecule has 1 nitrogen and oxygen atoms in total. The van der Waals surface area contributed by atoms with Gasteiger partial charge in [-0.1, -0.05) is 77.8 Å². The van der Waals surface area contributed by atoms with Gasteiger partial charge >= 0.3 is 0 Å². The van der Waals surface area contributed by atoms with Crippen molar-refractivity contribution in [1.29, 1.82) is 0 Å². The monoisotopic (exact) mass is 426 g/mol. The molecule has 3 rings (SSSR count). The van der Waals surface area contributed by atoms with Crippen LogP contribution in [0.4, 0.5) is 0 Å². The highest BCUT2D eigenvalue weighted by atomic mass is 16.5. The van der Waals surface area contributed by atoms with Gasteiger partial charge in [-0.25, -0.2) is 0 Å². The van der Waals surface area contributed by atoms with Crippen molar-refractivity contribution in [3.63, 3.8) is 0 Å². The van der Waals surface area contributed by atoms with Gasteiger partial charge in [0.05, 0.1) is 6.61 Å². The second kappa shape index (κ2) is 12.3. The Morgan fingerprint density at radius 2 is 1.65 bits per heavy atom. The fraction of sp³-hybridized carbons (Fsp3) is 0.800. The van der Waals surface area contributed by atoms with E-state index < -0.39 is 0 Å². The van der Waals surface area contributed by atoms with Crippen LogP contribution >= 0.6 is 0 Å². The standard InChI is InChI=1S/C30H50O/c1-5-7-10-19-30(20-11-9-12-21-30)28-16-13-26(14-17-28)25(4)27-15-18-29(24(3)23-27)31-22-8-6-2/h15,18,23,25-26,28H,5-14,16-17,19-22H2,1-4H3. The fourth-order valence-corrected chi connectivity index (χ4v) is 6.79. The first-order valence-electron chi connectivity index (χ1n) is 13.8. The van der Waals surface area contributed by atoms with Crippen molar-refractivity contribution in [2.75, 3.05) is 6.61 Å². The Labute approximate surface area is 193 Å². The molecule has 0 N–H and O–H groups in total. The molecule has 2 aliphatic rings. The number of ether oxygens (including phenoxy) is 1. The fourth-order valence-electron chi connectivity index (χ4n) is 6.79. The molecule has 0 radical (unpaired) electrons. The highest BCUT2D eigenvalue weighted by Gasteiger charge is 2.41. The molecule has 31 heavy (non-hydrogen) atoms. The molecule has 0 aliphatic heterocycles. The Balaban J connectivity index is 1.57. The summed E-state index contributed by atoms with van der Waals surface area (Å²) in [6, 6.07) is 6.98. The highest BCUT2D eigenvalue weighted by molar-refractivity contribution is 5.37. The Hall–Kier alpha value is -0.980. The first kappa shape index (κ1) is 24.7. The molecule has 1 unspecified atom stereocenters. The zero-order valence-corrected chi connectivity index (χ0v) is 21.2. The lowest BCUT2D eigenvalue weighted by atomic mass is 9.58.